The fourth-order valence-corrected chi connectivity index (χ4v) is 2.14. The van der Waals surface area contributed by atoms with Crippen molar-refractivity contribution in [3.8, 4) is 11.6 Å². The molecule has 122 valence electrons. The fraction of sp³-hybridized carbons (Fsp3) is 0.0714. The second-order valence-electron chi connectivity index (χ2n) is 4.73. The topological polar surface area (TPSA) is 108 Å². The van der Waals surface area contributed by atoms with Gasteiger partial charge in [-0.2, -0.15) is 10.1 Å². The molecule has 0 saturated heterocycles. The van der Waals surface area contributed by atoms with Crippen molar-refractivity contribution in [1.29, 1.82) is 0 Å². The maximum absolute atomic E-state index is 10.8. The van der Waals surface area contributed by atoms with Crippen LogP contribution in [-0.2, 0) is 7.05 Å². The molecule has 0 aliphatic heterocycles. The molecule has 0 saturated carbocycles. The van der Waals surface area contributed by atoms with Gasteiger partial charge in [-0.05, 0) is 22.0 Å². The summed E-state index contributed by atoms with van der Waals surface area (Å²) in [5, 5.41) is 17.9. The number of aromatic nitrogens is 4. The predicted molar refractivity (Wildman–Crippen MR) is 89.4 cm³/mol. The van der Waals surface area contributed by atoms with Crippen LogP contribution in [0.3, 0.4) is 0 Å². The molecule has 3 rings (SSSR count). The van der Waals surface area contributed by atoms with E-state index >= 15 is 0 Å². The summed E-state index contributed by atoms with van der Waals surface area (Å²) in [5.41, 5.74) is 0.660. The van der Waals surface area contributed by atoms with Gasteiger partial charge in [0.2, 0.25) is 11.8 Å². The van der Waals surface area contributed by atoms with Gasteiger partial charge in [-0.3, -0.25) is 14.8 Å². The highest BCUT2D eigenvalue weighted by molar-refractivity contribution is 9.10. The third-order valence-corrected chi connectivity index (χ3v) is 3.46. The molecule has 1 aromatic carbocycles. The molecule has 0 bridgehead atoms. The minimum Gasteiger partial charge on any atom is -0.437 e. The van der Waals surface area contributed by atoms with Crippen LogP contribution in [0.25, 0.3) is 0 Å². The monoisotopic (exact) mass is 390 g/mol. The third-order valence-electron chi connectivity index (χ3n) is 2.92. The Balaban J connectivity index is 1.83. The summed E-state index contributed by atoms with van der Waals surface area (Å²) in [7, 11) is 1.80. The number of ether oxygens (including phenoxy) is 1. The normalized spacial score (nSPS) is 10.4. The van der Waals surface area contributed by atoms with Crippen molar-refractivity contribution in [1.82, 2.24) is 19.7 Å². The van der Waals surface area contributed by atoms with Gasteiger partial charge < -0.3 is 10.1 Å². The first-order valence-corrected chi connectivity index (χ1v) is 7.51. The molecule has 0 spiro atoms. The number of nitrogens with zero attached hydrogens (tertiary/aromatic N) is 5. The summed E-state index contributed by atoms with van der Waals surface area (Å²) in [6.45, 7) is 0. The molecule has 0 radical (unpaired) electrons. The van der Waals surface area contributed by atoms with Crippen LogP contribution in [0.1, 0.15) is 0 Å². The second-order valence-corrected chi connectivity index (χ2v) is 5.59. The lowest BCUT2D eigenvalue weighted by Gasteiger charge is -2.08. The highest BCUT2D eigenvalue weighted by atomic mass is 79.9. The number of benzene rings is 1. The number of hydrogen-bond donors (Lipinski definition) is 1. The van der Waals surface area contributed by atoms with Crippen molar-refractivity contribution >= 4 is 33.3 Å². The van der Waals surface area contributed by atoms with Gasteiger partial charge in [-0.25, -0.2) is 4.98 Å². The number of halogens is 1. The van der Waals surface area contributed by atoms with E-state index < -0.39 is 4.92 Å². The molecular weight excluding hydrogens is 380 g/mol. The lowest BCUT2D eigenvalue weighted by atomic mass is 10.3. The number of rotatable bonds is 5. The second kappa shape index (κ2) is 6.62. The quantitative estimate of drug-likeness (QED) is 0.524. The van der Waals surface area contributed by atoms with E-state index in [2.05, 4.69) is 36.3 Å². The van der Waals surface area contributed by atoms with E-state index in [1.807, 2.05) is 0 Å². The van der Waals surface area contributed by atoms with E-state index in [-0.39, 0.29) is 11.6 Å². The van der Waals surface area contributed by atoms with Gasteiger partial charge in [0.05, 0.1) is 33.5 Å². The summed E-state index contributed by atoms with van der Waals surface area (Å²) >= 11 is 3.30. The Morgan fingerprint density at radius 3 is 2.92 bits per heavy atom. The molecule has 2 heterocycles. The standard InChI is InChI=1S/C14H11BrN6O3/c1-20-8-9(6-17-20)18-14-16-7-12(15)13(19-14)24-11-4-2-3-10(5-11)21(22)23/h2-8H,1H3,(H,16,18,19). The molecular formula is C14H11BrN6O3. The molecule has 3 aromatic rings. The highest BCUT2D eigenvalue weighted by Gasteiger charge is 2.11. The smallest absolute Gasteiger partial charge is 0.273 e. The van der Waals surface area contributed by atoms with Crippen molar-refractivity contribution in [3.63, 3.8) is 0 Å². The minimum absolute atomic E-state index is 0.0635. The molecule has 0 aliphatic rings. The number of nitro benzene ring substituents is 1. The Hall–Kier alpha value is -3.01. The lowest BCUT2D eigenvalue weighted by molar-refractivity contribution is -0.384. The average molecular weight is 391 g/mol. The van der Waals surface area contributed by atoms with E-state index in [0.29, 0.717) is 16.2 Å². The summed E-state index contributed by atoms with van der Waals surface area (Å²) in [5.74, 6) is 0.847. The Morgan fingerprint density at radius 1 is 1.38 bits per heavy atom. The van der Waals surface area contributed by atoms with Crippen molar-refractivity contribution in [3.05, 3.63) is 57.4 Å². The van der Waals surface area contributed by atoms with Crippen molar-refractivity contribution in [2.75, 3.05) is 5.32 Å². The van der Waals surface area contributed by atoms with Crippen molar-refractivity contribution < 1.29 is 9.66 Å². The van der Waals surface area contributed by atoms with Crippen molar-refractivity contribution in [2.24, 2.45) is 7.05 Å². The van der Waals surface area contributed by atoms with Gasteiger partial charge in [-0.1, -0.05) is 6.07 Å². The zero-order valence-electron chi connectivity index (χ0n) is 12.4. The van der Waals surface area contributed by atoms with Gasteiger partial charge in [0.25, 0.3) is 5.69 Å². The Bertz CT molecular complexity index is 898. The Labute approximate surface area is 144 Å². The summed E-state index contributed by atoms with van der Waals surface area (Å²) in [4.78, 5) is 18.7. The maximum atomic E-state index is 10.8. The van der Waals surface area contributed by atoms with Crippen LogP contribution in [0.15, 0.2) is 47.3 Å². The van der Waals surface area contributed by atoms with E-state index in [0.717, 1.165) is 5.69 Å². The summed E-state index contributed by atoms with van der Waals surface area (Å²) in [6.07, 6.45) is 4.93. The van der Waals surface area contributed by atoms with Crippen LogP contribution in [0.5, 0.6) is 11.6 Å². The molecule has 0 amide bonds. The number of nitrogens with one attached hydrogen (secondary N) is 1. The first-order chi connectivity index (χ1) is 11.5. The average Bonchev–Trinajstić information content (AvgIpc) is 2.96. The van der Waals surface area contributed by atoms with Crippen LogP contribution in [0, 0.1) is 10.1 Å². The third kappa shape index (κ3) is 3.66. The van der Waals surface area contributed by atoms with E-state index in [9.17, 15) is 10.1 Å². The molecule has 24 heavy (non-hydrogen) atoms. The first-order valence-electron chi connectivity index (χ1n) is 6.72. The molecule has 10 heteroatoms. The number of non-ortho nitro benzene ring substituents is 1. The highest BCUT2D eigenvalue weighted by Crippen LogP contribution is 2.30. The molecule has 0 aliphatic carbocycles. The van der Waals surface area contributed by atoms with Crippen LogP contribution >= 0.6 is 15.9 Å². The van der Waals surface area contributed by atoms with Crippen molar-refractivity contribution in [2.45, 2.75) is 0 Å². The number of anilines is 2. The molecule has 9 nitrogen and oxygen atoms in total. The van der Waals surface area contributed by atoms with E-state index in [1.165, 1.54) is 24.4 Å². The molecule has 0 atom stereocenters. The van der Waals surface area contributed by atoms with Gasteiger partial charge in [0.15, 0.2) is 0 Å². The summed E-state index contributed by atoms with van der Waals surface area (Å²) in [6, 6.07) is 5.85. The predicted octanol–water partition coefficient (Wildman–Crippen LogP) is 3.42. The maximum Gasteiger partial charge on any atom is 0.273 e. The molecule has 1 N–H and O–H groups in total. The zero-order chi connectivity index (χ0) is 17.1. The molecule has 2 aromatic heterocycles. The molecule has 0 fully saturated rings. The largest absolute Gasteiger partial charge is 0.437 e. The van der Waals surface area contributed by atoms with Crippen LogP contribution in [0.4, 0.5) is 17.3 Å². The Kier molecular flexibility index (Phi) is 4.38. The van der Waals surface area contributed by atoms with Gasteiger partial charge in [0.1, 0.15) is 5.75 Å². The Morgan fingerprint density at radius 2 is 2.21 bits per heavy atom. The fourth-order valence-electron chi connectivity index (χ4n) is 1.87. The first kappa shape index (κ1) is 15.9. The SMILES string of the molecule is Cn1cc(Nc2ncc(Br)c(Oc3cccc([N+](=O)[O-])c3)n2)cn1. The van der Waals surface area contributed by atoms with Crippen LogP contribution in [0.2, 0.25) is 0 Å². The van der Waals surface area contributed by atoms with Gasteiger partial charge >= 0.3 is 0 Å². The van der Waals surface area contributed by atoms with E-state index in [1.54, 1.807) is 30.2 Å². The number of hydrogen-bond acceptors (Lipinski definition) is 7. The lowest BCUT2D eigenvalue weighted by Crippen LogP contribution is -1.99. The molecule has 0 unspecified atom stereocenters. The minimum atomic E-state index is -0.489. The zero-order valence-corrected chi connectivity index (χ0v) is 14.0. The van der Waals surface area contributed by atoms with Crippen LogP contribution < -0.4 is 10.1 Å². The van der Waals surface area contributed by atoms with Gasteiger partial charge in [-0.15, -0.1) is 0 Å². The van der Waals surface area contributed by atoms with Gasteiger partial charge in [0, 0.05) is 19.3 Å². The van der Waals surface area contributed by atoms with Crippen LogP contribution in [-0.4, -0.2) is 24.7 Å². The number of nitro groups is 1. The number of aryl methyl sites for hydroxylation is 1. The van der Waals surface area contributed by atoms with E-state index in [4.69, 9.17) is 4.74 Å². The summed E-state index contributed by atoms with van der Waals surface area (Å²) < 4.78 is 7.78.